The van der Waals surface area contributed by atoms with Gasteiger partial charge in [0.15, 0.2) is 5.12 Å². The van der Waals surface area contributed by atoms with Gasteiger partial charge in [-0.25, -0.2) is 18.5 Å². The van der Waals surface area contributed by atoms with Crippen molar-refractivity contribution in [2.45, 2.75) is 53.4 Å². The predicted octanol–water partition coefficient (Wildman–Crippen LogP) is 4.78. The first-order chi connectivity index (χ1) is 38.6. The number of hydrogen-bond acceptors (Lipinski definition) is 22. The van der Waals surface area contributed by atoms with E-state index in [1.165, 1.54) is 56.3 Å². The number of nitro groups is 2. The molecule has 0 saturated carbocycles. The van der Waals surface area contributed by atoms with E-state index in [9.17, 15) is 29.8 Å². The van der Waals surface area contributed by atoms with Crippen LogP contribution in [0.2, 0.25) is 0 Å². The van der Waals surface area contributed by atoms with Crippen LogP contribution in [0.4, 0.5) is 11.9 Å². The Morgan fingerprint density at radius 2 is 0.938 bits per heavy atom. The highest BCUT2D eigenvalue weighted by atomic mass is 32.2. The zero-order chi connectivity index (χ0) is 56.6. The molecule has 0 unspecified atom stereocenters. The fourth-order valence-electron chi connectivity index (χ4n) is 6.46. The van der Waals surface area contributed by atoms with Crippen molar-refractivity contribution in [3.8, 4) is 0 Å². The summed E-state index contributed by atoms with van der Waals surface area (Å²) in [6, 6.07) is 20.7. The van der Waals surface area contributed by atoms with Crippen LogP contribution >= 0.6 is 32.3 Å². The Hall–Kier alpha value is -6.11. The van der Waals surface area contributed by atoms with E-state index in [0.717, 1.165) is 11.2 Å². The second kappa shape index (κ2) is 42.7. The summed E-state index contributed by atoms with van der Waals surface area (Å²) in [5.41, 5.74) is 1.92. The SMILES string of the molecule is C.CCS.O=C(CCOCCOCCOCCOCCn1cc(Cn2ccnc2[N+](=O)[O-])nn1)SCP(c1ccccc1)c1ccccc1.O=C(O)CCOCCOCCOCCOCCn1cc(Cn2ccnc2[N+](=O)[O-])nn1. The molecule has 30 heteroatoms. The van der Waals surface area contributed by atoms with Gasteiger partial charge < -0.3 is 63.2 Å². The number of thioether (sulfide) groups is 1. The Kier molecular flexibility index (Phi) is 36.4. The van der Waals surface area contributed by atoms with Gasteiger partial charge in [-0.3, -0.25) is 9.59 Å². The van der Waals surface area contributed by atoms with Gasteiger partial charge >= 0.3 is 17.9 Å². The minimum Gasteiger partial charge on any atom is -0.481 e. The molecule has 0 amide bonds. The Morgan fingerprint density at radius 3 is 1.30 bits per heavy atom. The minimum atomic E-state index is -0.888. The van der Waals surface area contributed by atoms with Crippen molar-refractivity contribution in [3.05, 3.63) is 129 Å². The fourth-order valence-corrected chi connectivity index (χ4v) is 10.3. The number of aromatic nitrogens is 10. The van der Waals surface area contributed by atoms with Crippen molar-refractivity contribution in [1.29, 1.82) is 0 Å². The van der Waals surface area contributed by atoms with Crippen molar-refractivity contribution < 1.29 is 62.4 Å². The number of rotatable bonds is 40. The molecule has 0 aliphatic heterocycles. The molecule has 0 radical (unpaired) electrons. The summed E-state index contributed by atoms with van der Waals surface area (Å²) in [5, 5.41) is 49.0. The second-order valence-corrected chi connectivity index (χ2v) is 20.3. The number of thiol groups is 1. The molecule has 4 heterocycles. The molecule has 6 rings (SSSR count). The van der Waals surface area contributed by atoms with E-state index in [-0.39, 0.29) is 50.6 Å². The van der Waals surface area contributed by atoms with Crippen LogP contribution in [-0.2, 0) is 73.7 Å². The number of carbonyl (C=O) groups is 2. The van der Waals surface area contributed by atoms with Crippen molar-refractivity contribution in [2.24, 2.45) is 0 Å². The van der Waals surface area contributed by atoms with Crippen LogP contribution in [0.15, 0.2) is 97.8 Å². The van der Waals surface area contributed by atoms with Gasteiger partial charge in [0.05, 0.1) is 138 Å². The van der Waals surface area contributed by atoms with E-state index < -0.39 is 23.7 Å². The average Bonchev–Trinajstić information content (AvgIpc) is 4.30. The maximum Gasteiger partial charge on any atom is 0.434 e. The lowest BCUT2D eigenvalue weighted by molar-refractivity contribution is -0.396. The first kappa shape index (κ1) is 68.2. The first-order valence-electron chi connectivity index (χ1n) is 25.1. The number of carboxylic acid groups (broad SMARTS) is 1. The molecule has 440 valence electrons. The normalized spacial score (nSPS) is 10.9. The quantitative estimate of drug-likeness (QED) is 0.0172. The Bertz CT molecular complexity index is 2540. The van der Waals surface area contributed by atoms with Gasteiger partial charge in [-0.1, -0.05) is 107 Å². The summed E-state index contributed by atoms with van der Waals surface area (Å²) in [7, 11) is -0.600. The third kappa shape index (κ3) is 29.4. The third-order valence-electron chi connectivity index (χ3n) is 10.1. The largest absolute Gasteiger partial charge is 0.481 e. The van der Waals surface area contributed by atoms with E-state index in [4.69, 9.17) is 43.0 Å². The van der Waals surface area contributed by atoms with Crippen LogP contribution in [-0.4, -0.2) is 192 Å². The maximum absolute atomic E-state index is 12.5. The van der Waals surface area contributed by atoms with E-state index in [2.05, 4.69) is 67.5 Å². The summed E-state index contributed by atoms with van der Waals surface area (Å²) < 4.78 is 49.4. The predicted molar refractivity (Wildman–Crippen MR) is 302 cm³/mol. The molecular weight excluding hydrogens is 1100 g/mol. The standard InChI is InChI=1S/C30H37N6O7PS.C17H26N6O8.C2H6S.CH4/c37-29(45-25-44(27-7-3-1-4-8-27)28-9-5-2-6-10-28)11-15-40-17-19-42-21-22-43-20-18-41-16-14-35-24-26(32-33-35)23-34-13-12-31-30(34)36(38)39;24-16(25)1-5-28-7-9-30-11-12-31-10-8-29-6-4-22-14-15(19-20-22)13-21-3-2-18-17(21)23(26)27;1-2-3;/h1-10,12-13,24H,11,14-23,25H2;2-3,14H,1,4-13H2,(H,24,25);3H,2H2,1H3;1H4. The summed E-state index contributed by atoms with van der Waals surface area (Å²) in [4.78, 5) is 50.9. The van der Waals surface area contributed by atoms with Crippen molar-refractivity contribution in [1.82, 2.24) is 49.1 Å². The van der Waals surface area contributed by atoms with Gasteiger partial charge in [0, 0.05) is 11.9 Å². The molecule has 4 aromatic heterocycles. The number of carbonyl (C=O) groups excluding carboxylic acids is 1. The lowest BCUT2D eigenvalue weighted by atomic mass is 10.4. The Balaban J connectivity index is 0.000000420. The lowest BCUT2D eigenvalue weighted by Gasteiger charge is -2.17. The molecule has 2 aromatic carbocycles. The zero-order valence-corrected chi connectivity index (χ0v) is 46.6. The van der Waals surface area contributed by atoms with Crippen LogP contribution < -0.4 is 10.6 Å². The summed E-state index contributed by atoms with van der Waals surface area (Å²) in [5.74, 6) is -0.424. The number of hydrogen-bond donors (Lipinski definition) is 2. The molecule has 27 nitrogen and oxygen atoms in total. The molecule has 6 aromatic rings. The molecular formula is C50H73N12O15PS2. The van der Waals surface area contributed by atoms with Crippen LogP contribution in [0.1, 0.15) is 38.6 Å². The average molecular weight is 1180 g/mol. The number of carboxylic acids is 1. The number of benzene rings is 2. The Labute approximate surface area is 475 Å². The topological polar surface area (TPSA) is 312 Å². The third-order valence-corrected chi connectivity index (χ3v) is 14.0. The van der Waals surface area contributed by atoms with E-state index in [0.29, 0.717) is 130 Å². The second-order valence-electron chi connectivity index (χ2n) is 16.0. The number of imidazole rings is 2. The van der Waals surface area contributed by atoms with Gasteiger partial charge in [-0.05, 0) is 34.1 Å². The summed E-state index contributed by atoms with van der Waals surface area (Å²) in [6.45, 7) is 9.80. The van der Waals surface area contributed by atoms with Gasteiger partial charge in [-0.15, -0.1) is 10.2 Å². The zero-order valence-electron chi connectivity index (χ0n) is 44.0. The van der Waals surface area contributed by atoms with Gasteiger partial charge in [0.25, 0.3) is 0 Å². The van der Waals surface area contributed by atoms with Crippen LogP contribution in [0.25, 0.3) is 0 Å². The van der Waals surface area contributed by atoms with Gasteiger partial charge in [0.1, 0.15) is 49.3 Å². The van der Waals surface area contributed by atoms with Gasteiger partial charge in [-0.2, -0.15) is 12.6 Å². The maximum atomic E-state index is 12.5. The molecule has 0 aliphatic rings. The molecule has 0 saturated heterocycles. The van der Waals surface area contributed by atoms with Crippen molar-refractivity contribution >= 4 is 65.9 Å². The molecule has 1 N–H and O–H groups in total. The summed E-state index contributed by atoms with van der Waals surface area (Å²) in [6.07, 6.45) is 9.56. The first-order valence-corrected chi connectivity index (χ1v) is 28.3. The highest BCUT2D eigenvalue weighted by molar-refractivity contribution is 8.18. The van der Waals surface area contributed by atoms with Crippen LogP contribution in [0.5, 0.6) is 0 Å². The van der Waals surface area contributed by atoms with Crippen molar-refractivity contribution in [3.63, 3.8) is 0 Å². The minimum absolute atomic E-state index is 0. The lowest BCUT2D eigenvalue weighted by Crippen LogP contribution is -2.14. The van der Waals surface area contributed by atoms with Crippen LogP contribution in [0, 0.1) is 20.2 Å². The highest BCUT2D eigenvalue weighted by Gasteiger charge is 2.18. The Morgan fingerprint density at radius 1 is 0.588 bits per heavy atom. The molecule has 0 spiro atoms. The summed E-state index contributed by atoms with van der Waals surface area (Å²) >= 11 is 5.17. The van der Waals surface area contributed by atoms with Gasteiger partial charge in [0.2, 0.25) is 0 Å². The van der Waals surface area contributed by atoms with Crippen LogP contribution in [0.3, 0.4) is 0 Å². The monoisotopic (exact) mass is 1180 g/mol. The molecule has 0 atom stereocenters. The van der Waals surface area contributed by atoms with E-state index in [1.54, 1.807) is 21.8 Å². The number of nitrogens with zero attached hydrogens (tertiary/aromatic N) is 12. The molecule has 0 fully saturated rings. The number of ether oxygens (including phenoxy) is 8. The molecule has 80 heavy (non-hydrogen) atoms. The van der Waals surface area contributed by atoms with E-state index >= 15 is 0 Å². The fraction of sp³-hybridized carbons (Fsp3) is 0.520. The highest BCUT2D eigenvalue weighted by Crippen LogP contribution is 2.38. The van der Waals surface area contributed by atoms with E-state index in [1.807, 2.05) is 43.3 Å². The van der Waals surface area contributed by atoms with Crippen molar-refractivity contribution in [2.75, 3.05) is 117 Å². The number of aliphatic carboxylic acids is 1. The molecule has 0 bridgehead atoms. The smallest absolute Gasteiger partial charge is 0.434 e. The molecule has 0 aliphatic carbocycles.